The summed E-state index contributed by atoms with van der Waals surface area (Å²) in [5.74, 6) is -0.0700. The molecule has 0 unspecified atom stereocenters. The van der Waals surface area contributed by atoms with Crippen molar-refractivity contribution in [3.8, 4) is 0 Å². The minimum atomic E-state index is -0.0922. The van der Waals surface area contributed by atoms with Crippen LogP contribution in [-0.4, -0.2) is 68.2 Å². The number of alkyl halides is 1. The molecular weight excluding hydrogens is 326 g/mol. The number of benzene rings is 1. The molecular formula is C18H26ClN3O2. The van der Waals surface area contributed by atoms with Crippen LogP contribution in [0.15, 0.2) is 30.3 Å². The molecule has 6 heteroatoms. The van der Waals surface area contributed by atoms with Crippen LogP contribution in [0.2, 0.25) is 0 Å². The predicted molar refractivity (Wildman–Crippen MR) is 96.7 cm³/mol. The zero-order valence-electron chi connectivity index (χ0n) is 14.0. The summed E-state index contributed by atoms with van der Waals surface area (Å²) in [4.78, 5) is 16.6. The molecule has 24 heavy (non-hydrogen) atoms. The summed E-state index contributed by atoms with van der Waals surface area (Å²) in [5, 5.41) is 3.00. The van der Waals surface area contributed by atoms with Gasteiger partial charge in [-0.05, 0) is 25.0 Å². The number of nitrogens with one attached hydrogen (secondary N) is 1. The van der Waals surface area contributed by atoms with Gasteiger partial charge in [0.05, 0.1) is 0 Å². The zero-order chi connectivity index (χ0) is 16.8. The second-order valence-corrected chi connectivity index (χ2v) is 6.82. The van der Waals surface area contributed by atoms with Crippen molar-refractivity contribution in [1.82, 2.24) is 10.2 Å². The van der Waals surface area contributed by atoms with Gasteiger partial charge in [-0.25, -0.2) is 0 Å². The maximum Gasteiger partial charge on any atom is 0.234 e. The molecule has 0 bridgehead atoms. The smallest absolute Gasteiger partial charge is 0.234 e. The van der Waals surface area contributed by atoms with Crippen molar-refractivity contribution >= 4 is 23.2 Å². The topological polar surface area (TPSA) is 44.8 Å². The van der Waals surface area contributed by atoms with Gasteiger partial charge in [0.2, 0.25) is 5.91 Å². The quantitative estimate of drug-likeness (QED) is 0.820. The van der Waals surface area contributed by atoms with Gasteiger partial charge in [0, 0.05) is 57.2 Å². The monoisotopic (exact) mass is 351 g/mol. The SMILES string of the molecule is O=C(CCl)NCC1(N2CCN(c3ccccc3)CC2)CCOCC1. The highest BCUT2D eigenvalue weighted by molar-refractivity contribution is 6.27. The summed E-state index contributed by atoms with van der Waals surface area (Å²) in [5.41, 5.74) is 1.29. The Morgan fingerprint density at radius 2 is 1.79 bits per heavy atom. The van der Waals surface area contributed by atoms with Crippen molar-refractivity contribution < 1.29 is 9.53 Å². The molecule has 0 spiro atoms. The van der Waals surface area contributed by atoms with E-state index in [-0.39, 0.29) is 17.3 Å². The molecule has 132 valence electrons. The van der Waals surface area contributed by atoms with E-state index in [9.17, 15) is 4.79 Å². The Balaban J connectivity index is 1.63. The van der Waals surface area contributed by atoms with Crippen LogP contribution < -0.4 is 10.2 Å². The van der Waals surface area contributed by atoms with E-state index in [4.69, 9.17) is 16.3 Å². The number of anilines is 1. The number of piperazine rings is 1. The molecule has 2 saturated heterocycles. The van der Waals surface area contributed by atoms with E-state index in [1.54, 1.807) is 0 Å². The minimum Gasteiger partial charge on any atom is -0.381 e. The third kappa shape index (κ3) is 4.02. The number of carbonyl (C=O) groups excluding carboxylic acids is 1. The van der Waals surface area contributed by atoms with Crippen molar-refractivity contribution in [3.05, 3.63) is 30.3 Å². The number of ether oxygens (including phenoxy) is 1. The van der Waals surface area contributed by atoms with Gasteiger partial charge in [-0.1, -0.05) is 18.2 Å². The van der Waals surface area contributed by atoms with Gasteiger partial charge in [-0.3, -0.25) is 9.69 Å². The number of carbonyl (C=O) groups is 1. The lowest BCUT2D eigenvalue weighted by Gasteiger charge is -2.50. The van der Waals surface area contributed by atoms with Gasteiger partial charge in [0.1, 0.15) is 5.88 Å². The van der Waals surface area contributed by atoms with Crippen molar-refractivity contribution in [1.29, 1.82) is 0 Å². The number of hydrogen-bond donors (Lipinski definition) is 1. The molecule has 1 aromatic rings. The number of para-hydroxylation sites is 1. The van der Waals surface area contributed by atoms with E-state index >= 15 is 0 Å². The summed E-state index contributed by atoms with van der Waals surface area (Å²) < 4.78 is 5.56. The first-order valence-corrected chi connectivity index (χ1v) is 9.22. The summed E-state index contributed by atoms with van der Waals surface area (Å²) in [6.45, 7) is 6.21. The van der Waals surface area contributed by atoms with Crippen molar-refractivity contribution in [3.63, 3.8) is 0 Å². The summed E-state index contributed by atoms with van der Waals surface area (Å²) in [6, 6.07) is 10.6. The Morgan fingerprint density at radius 3 is 2.42 bits per heavy atom. The van der Waals surface area contributed by atoms with E-state index < -0.39 is 0 Å². The van der Waals surface area contributed by atoms with Gasteiger partial charge < -0.3 is 15.0 Å². The average Bonchev–Trinajstić information content (AvgIpc) is 2.67. The highest BCUT2D eigenvalue weighted by atomic mass is 35.5. The van der Waals surface area contributed by atoms with Gasteiger partial charge >= 0.3 is 0 Å². The van der Waals surface area contributed by atoms with E-state index in [0.29, 0.717) is 6.54 Å². The van der Waals surface area contributed by atoms with Crippen LogP contribution in [0.1, 0.15) is 12.8 Å². The Bertz CT molecular complexity index is 526. The first-order chi connectivity index (χ1) is 11.7. The number of hydrogen-bond acceptors (Lipinski definition) is 4. The first-order valence-electron chi connectivity index (χ1n) is 8.69. The maximum atomic E-state index is 11.6. The lowest BCUT2D eigenvalue weighted by molar-refractivity contribution is -0.120. The zero-order valence-corrected chi connectivity index (χ0v) is 14.8. The van der Waals surface area contributed by atoms with Crippen LogP contribution in [0.5, 0.6) is 0 Å². The van der Waals surface area contributed by atoms with Crippen LogP contribution in [0.25, 0.3) is 0 Å². The van der Waals surface area contributed by atoms with Gasteiger partial charge in [-0.2, -0.15) is 0 Å². The molecule has 2 heterocycles. The summed E-state index contributed by atoms with van der Waals surface area (Å²) in [6.07, 6.45) is 1.92. The molecule has 0 atom stereocenters. The molecule has 2 aliphatic rings. The van der Waals surface area contributed by atoms with E-state index in [2.05, 4.69) is 45.4 Å². The van der Waals surface area contributed by atoms with E-state index in [0.717, 1.165) is 52.2 Å². The highest BCUT2D eigenvalue weighted by Crippen LogP contribution is 2.29. The Hall–Kier alpha value is -1.30. The summed E-state index contributed by atoms with van der Waals surface area (Å²) in [7, 11) is 0. The van der Waals surface area contributed by atoms with E-state index in [1.165, 1.54) is 5.69 Å². The second-order valence-electron chi connectivity index (χ2n) is 6.56. The first kappa shape index (κ1) is 17.5. The largest absolute Gasteiger partial charge is 0.381 e. The van der Waals surface area contributed by atoms with Crippen LogP contribution in [0.4, 0.5) is 5.69 Å². The Kier molecular flexibility index (Phi) is 5.98. The lowest BCUT2D eigenvalue weighted by Crippen LogP contribution is -2.63. The third-order valence-corrected chi connectivity index (χ3v) is 5.47. The highest BCUT2D eigenvalue weighted by Gasteiger charge is 2.40. The van der Waals surface area contributed by atoms with Crippen LogP contribution >= 0.6 is 11.6 Å². The third-order valence-electron chi connectivity index (χ3n) is 5.23. The fourth-order valence-corrected chi connectivity index (χ4v) is 3.84. The fourth-order valence-electron chi connectivity index (χ4n) is 3.74. The second kappa shape index (κ2) is 8.19. The van der Waals surface area contributed by atoms with Crippen molar-refractivity contribution in [2.24, 2.45) is 0 Å². The van der Waals surface area contributed by atoms with Gasteiger partial charge in [0.25, 0.3) is 0 Å². The number of amides is 1. The Labute approximate surface area is 148 Å². The number of halogens is 1. The molecule has 0 saturated carbocycles. The number of nitrogens with zero attached hydrogens (tertiary/aromatic N) is 2. The summed E-state index contributed by atoms with van der Waals surface area (Å²) >= 11 is 5.63. The maximum absolute atomic E-state index is 11.6. The molecule has 2 fully saturated rings. The molecule has 2 aliphatic heterocycles. The fraction of sp³-hybridized carbons (Fsp3) is 0.611. The molecule has 5 nitrogen and oxygen atoms in total. The molecule has 0 radical (unpaired) electrons. The molecule has 1 amide bonds. The molecule has 1 N–H and O–H groups in total. The minimum absolute atomic E-state index is 0.00272. The van der Waals surface area contributed by atoms with Gasteiger partial charge in [0.15, 0.2) is 0 Å². The standard InChI is InChI=1S/C18H26ClN3O2/c19-14-17(23)20-15-18(6-12-24-13-7-18)22-10-8-21(9-11-22)16-4-2-1-3-5-16/h1-5H,6-15H2,(H,20,23). The molecule has 1 aromatic carbocycles. The number of rotatable bonds is 5. The van der Waals surface area contributed by atoms with Crippen LogP contribution in [0.3, 0.4) is 0 Å². The molecule has 0 aliphatic carbocycles. The van der Waals surface area contributed by atoms with Crippen molar-refractivity contribution in [2.45, 2.75) is 18.4 Å². The lowest BCUT2D eigenvalue weighted by atomic mass is 9.87. The molecule has 0 aromatic heterocycles. The van der Waals surface area contributed by atoms with Crippen LogP contribution in [0, 0.1) is 0 Å². The predicted octanol–water partition coefficient (Wildman–Crippen LogP) is 1.71. The average molecular weight is 352 g/mol. The van der Waals surface area contributed by atoms with Crippen molar-refractivity contribution in [2.75, 3.05) is 56.7 Å². The van der Waals surface area contributed by atoms with Gasteiger partial charge in [-0.15, -0.1) is 11.6 Å². The Morgan fingerprint density at radius 1 is 1.12 bits per heavy atom. The molecule has 3 rings (SSSR count). The van der Waals surface area contributed by atoms with E-state index in [1.807, 2.05) is 0 Å². The van der Waals surface area contributed by atoms with Crippen LogP contribution in [-0.2, 0) is 9.53 Å². The normalized spacial score (nSPS) is 21.5.